The molecule has 9 heteroatoms. The maximum atomic E-state index is 10.9. The van der Waals surface area contributed by atoms with Gasteiger partial charge in [-0.25, -0.2) is 14.8 Å². The Labute approximate surface area is 123 Å². The molecule has 1 N–H and O–H groups in total. The molecule has 0 aliphatic carbocycles. The Hall–Kier alpha value is -2.55. The predicted molar refractivity (Wildman–Crippen MR) is 73.9 cm³/mol. The smallest absolute Gasteiger partial charge is 0.337 e. The standard InChI is InChI=1S/C12H11N3O5S/c1-7-10(21-6-14-7)2-3-20-11-9(15(18)19)4-8(5-13-11)12(16)17/h4-6H,2-3H2,1H3,(H,16,17). The molecule has 2 aromatic heterocycles. The quantitative estimate of drug-likeness (QED) is 0.641. The largest absolute Gasteiger partial charge is 0.478 e. The molecule has 0 radical (unpaired) electrons. The SMILES string of the molecule is Cc1ncsc1CCOc1ncc(C(=O)O)cc1[N+](=O)[O-]. The van der Waals surface area contributed by atoms with Gasteiger partial charge in [-0.2, -0.15) is 0 Å². The van der Waals surface area contributed by atoms with E-state index >= 15 is 0 Å². The minimum Gasteiger partial charge on any atom is -0.478 e. The summed E-state index contributed by atoms with van der Waals surface area (Å²) in [6.07, 6.45) is 1.58. The first-order chi connectivity index (χ1) is 9.99. The number of rotatable bonds is 6. The van der Waals surface area contributed by atoms with Crippen LogP contribution in [-0.4, -0.2) is 32.6 Å². The van der Waals surface area contributed by atoms with Crippen LogP contribution in [0, 0.1) is 17.0 Å². The summed E-state index contributed by atoms with van der Waals surface area (Å²) in [5, 5.41) is 19.7. The van der Waals surface area contributed by atoms with Gasteiger partial charge in [0, 0.05) is 23.6 Å². The van der Waals surface area contributed by atoms with E-state index in [2.05, 4.69) is 9.97 Å². The number of aromatic nitrogens is 2. The molecule has 0 atom stereocenters. The highest BCUT2D eigenvalue weighted by Crippen LogP contribution is 2.25. The lowest BCUT2D eigenvalue weighted by Crippen LogP contribution is -2.07. The van der Waals surface area contributed by atoms with Gasteiger partial charge in [0.1, 0.15) is 0 Å². The van der Waals surface area contributed by atoms with Gasteiger partial charge in [-0.3, -0.25) is 10.1 Å². The second-order valence-electron chi connectivity index (χ2n) is 4.07. The number of carboxylic acids is 1. The average molecular weight is 309 g/mol. The van der Waals surface area contributed by atoms with E-state index in [0.29, 0.717) is 6.42 Å². The van der Waals surface area contributed by atoms with Crippen LogP contribution in [0.1, 0.15) is 20.9 Å². The molecular formula is C12H11N3O5S. The van der Waals surface area contributed by atoms with Gasteiger partial charge in [0.2, 0.25) is 0 Å². The number of nitro groups is 1. The molecule has 2 aromatic rings. The van der Waals surface area contributed by atoms with Crippen LogP contribution < -0.4 is 4.74 Å². The van der Waals surface area contributed by atoms with Crippen molar-refractivity contribution in [2.75, 3.05) is 6.61 Å². The van der Waals surface area contributed by atoms with Gasteiger partial charge in [0.15, 0.2) is 0 Å². The fraction of sp³-hybridized carbons (Fsp3) is 0.250. The number of carbonyl (C=O) groups is 1. The molecule has 110 valence electrons. The number of aromatic carboxylic acids is 1. The lowest BCUT2D eigenvalue weighted by atomic mass is 10.2. The maximum Gasteiger partial charge on any atom is 0.337 e. The molecule has 0 amide bonds. The number of ether oxygens (including phenoxy) is 1. The van der Waals surface area contributed by atoms with Crippen LogP contribution in [0.15, 0.2) is 17.8 Å². The van der Waals surface area contributed by atoms with Crippen molar-refractivity contribution in [3.8, 4) is 5.88 Å². The van der Waals surface area contributed by atoms with Crippen LogP contribution in [0.2, 0.25) is 0 Å². The van der Waals surface area contributed by atoms with Crippen molar-refractivity contribution in [1.29, 1.82) is 0 Å². The zero-order valence-corrected chi connectivity index (χ0v) is 11.8. The second kappa shape index (κ2) is 6.27. The highest BCUT2D eigenvalue weighted by atomic mass is 32.1. The Morgan fingerprint density at radius 1 is 1.52 bits per heavy atom. The van der Waals surface area contributed by atoms with Gasteiger partial charge in [0.05, 0.1) is 28.3 Å². The van der Waals surface area contributed by atoms with Crippen molar-refractivity contribution in [3.63, 3.8) is 0 Å². The van der Waals surface area contributed by atoms with Crippen molar-refractivity contribution < 1.29 is 19.6 Å². The second-order valence-corrected chi connectivity index (χ2v) is 5.01. The van der Waals surface area contributed by atoms with E-state index in [1.54, 1.807) is 5.51 Å². The third-order valence-corrected chi connectivity index (χ3v) is 3.68. The number of aryl methyl sites for hydroxylation is 1. The van der Waals surface area contributed by atoms with E-state index in [0.717, 1.165) is 22.8 Å². The molecule has 0 aromatic carbocycles. The van der Waals surface area contributed by atoms with E-state index < -0.39 is 16.6 Å². The normalized spacial score (nSPS) is 10.3. The van der Waals surface area contributed by atoms with E-state index in [9.17, 15) is 14.9 Å². The Balaban J connectivity index is 2.10. The topological polar surface area (TPSA) is 115 Å². The van der Waals surface area contributed by atoms with Crippen molar-refractivity contribution >= 4 is 23.0 Å². The van der Waals surface area contributed by atoms with Crippen LogP contribution in [0.4, 0.5) is 5.69 Å². The van der Waals surface area contributed by atoms with Crippen molar-refractivity contribution in [1.82, 2.24) is 9.97 Å². The number of hydrogen-bond acceptors (Lipinski definition) is 7. The summed E-state index contributed by atoms with van der Waals surface area (Å²) in [5.41, 5.74) is 1.89. The molecule has 2 heterocycles. The van der Waals surface area contributed by atoms with E-state index in [1.165, 1.54) is 11.3 Å². The average Bonchev–Trinajstić information content (AvgIpc) is 2.84. The first-order valence-corrected chi connectivity index (χ1v) is 6.76. The third-order valence-electron chi connectivity index (χ3n) is 2.69. The summed E-state index contributed by atoms with van der Waals surface area (Å²) in [6.45, 7) is 2.07. The number of hydrogen-bond donors (Lipinski definition) is 1. The van der Waals surface area contributed by atoms with Gasteiger partial charge in [-0.15, -0.1) is 11.3 Å². The van der Waals surface area contributed by atoms with Crippen molar-refractivity contribution in [2.45, 2.75) is 13.3 Å². The molecule has 8 nitrogen and oxygen atoms in total. The van der Waals surface area contributed by atoms with Crippen LogP contribution in [0.3, 0.4) is 0 Å². The molecule has 0 aliphatic heterocycles. The highest BCUT2D eigenvalue weighted by Gasteiger charge is 2.20. The Kier molecular flexibility index (Phi) is 4.43. The van der Waals surface area contributed by atoms with Crippen LogP contribution in [0.25, 0.3) is 0 Å². The van der Waals surface area contributed by atoms with E-state index in [4.69, 9.17) is 9.84 Å². The fourth-order valence-corrected chi connectivity index (χ4v) is 2.37. The zero-order chi connectivity index (χ0) is 15.4. The first kappa shape index (κ1) is 14.9. The van der Waals surface area contributed by atoms with Crippen molar-refractivity contribution in [2.24, 2.45) is 0 Å². The molecule has 0 saturated carbocycles. The van der Waals surface area contributed by atoms with E-state index in [1.807, 2.05) is 6.92 Å². The fourth-order valence-electron chi connectivity index (χ4n) is 1.61. The van der Waals surface area contributed by atoms with Gasteiger partial charge >= 0.3 is 11.7 Å². The van der Waals surface area contributed by atoms with Gasteiger partial charge in [0.25, 0.3) is 5.88 Å². The van der Waals surface area contributed by atoms with Gasteiger partial charge < -0.3 is 9.84 Å². The predicted octanol–water partition coefficient (Wildman–Crippen LogP) is 2.07. The lowest BCUT2D eigenvalue weighted by Gasteiger charge is -2.05. The Bertz CT molecular complexity index is 685. The summed E-state index contributed by atoms with van der Waals surface area (Å²) >= 11 is 1.48. The summed E-state index contributed by atoms with van der Waals surface area (Å²) < 4.78 is 5.29. The van der Waals surface area contributed by atoms with Crippen LogP contribution >= 0.6 is 11.3 Å². The molecule has 21 heavy (non-hydrogen) atoms. The summed E-state index contributed by atoms with van der Waals surface area (Å²) in [5.74, 6) is -1.47. The minimum absolute atomic E-state index is 0.188. The molecular weight excluding hydrogens is 298 g/mol. The summed E-state index contributed by atoms with van der Waals surface area (Å²) in [4.78, 5) is 29.8. The highest BCUT2D eigenvalue weighted by molar-refractivity contribution is 7.09. The van der Waals surface area contributed by atoms with Gasteiger partial charge in [-0.1, -0.05) is 0 Å². The number of thiazole rings is 1. The monoisotopic (exact) mass is 309 g/mol. The zero-order valence-electron chi connectivity index (χ0n) is 11.0. The summed E-state index contributed by atoms with van der Waals surface area (Å²) in [6, 6.07) is 0.933. The maximum absolute atomic E-state index is 10.9. The van der Waals surface area contributed by atoms with Gasteiger partial charge in [-0.05, 0) is 6.92 Å². The lowest BCUT2D eigenvalue weighted by molar-refractivity contribution is -0.386. The molecule has 0 bridgehead atoms. The number of nitrogens with zero attached hydrogens (tertiary/aromatic N) is 3. The Morgan fingerprint density at radius 3 is 2.86 bits per heavy atom. The molecule has 2 rings (SSSR count). The van der Waals surface area contributed by atoms with Crippen LogP contribution in [-0.2, 0) is 6.42 Å². The number of pyridine rings is 1. The minimum atomic E-state index is -1.28. The third kappa shape index (κ3) is 3.51. The molecule has 0 saturated heterocycles. The summed E-state index contributed by atoms with van der Waals surface area (Å²) in [7, 11) is 0. The molecule has 0 spiro atoms. The molecule has 0 fully saturated rings. The Morgan fingerprint density at radius 2 is 2.29 bits per heavy atom. The number of carboxylic acid groups (broad SMARTS) is 1. The molecule has 0 unspecified atom stereocenters. The molecule has 0 aliphatic rings. The van der Waals surface area contributed by atoms with Crippen LogP contribution in [0.5, 0.6) is 5.88 Å². The van der Waals surface area contributed by atoms with Crippen molar-refractivity contribution in [3.05, 3.63) is 44.0 Å². The van der Waals surface area contributed by atoms with E-state index in [-0.39, 0.29) is 18.1 Å². The first-order valence-electron chi connectivity index (χ1n) is 5.88.